The van der Waals surface area contributed by atoms with Crippen LogP contribution in [-0.4, -0.2) is 10.7 Å². The molecule has 1 unspecified atom stereocenters. The van der Waals surface area contributed by atoms with E-state index in [1.54, 1.807) is 0 Å². The molecule has 1 rings (SSSR count). The third-order valence-electron chi connectivity index (χ3n) is 5.15. The molecule has 0 radical (unpaired) electrons. The lowest BCUT2D eigenvalue weighted by atomic mass is 9.60. The minimum atomic E-state index is -0.512. The maximum Gasteiger partial charge on any atom is 0.0700 e. The lowest BCUT2D eigenvalue weighted by Gasteiger charge is -2.49. The molecule has 0 aromatic heterocycles. The van der Waals surface area contributed by atoms with Crippen LogP contribution in [0.25, 0.3) is 0 Å². The molecule has 90 valence electrons. The molecule has 1 heteroatoms. The highest BCUT2D eigenvalue weighted by atomic mass is 16.3. The average molecular weight is 212 g/mol. The van der Waals surface area contributed by atoms with Gasteiger partial charge in [-0.05, 0) is 37.0 Å². The molecule has 1 aliphatic rings. The summed E-state index contributed by atoms with van der Waals surface area (Å²) < 4.78 is 0. The summed E-state index contributed by atoms with van der Waals surface area (Å²) in [5, 5.41) is 10.8. The maximum absolute atomic E-state index is 10.8. The zero-order valence-electron chi connectivity index (χ0n) is 11.1. The molecular formula is C14H28O. The van der Waals surface area contributed by atoms with Crippen molar-refractivity contribution in [3.05, 3.63) is 0 Å². The first kappa shape index (κ1) is 13.0. The zero-order valence-corrected chi connectivity index (χ0v) is 11.1. The van der Waals surface area contributed by atoms with Crippen LogP contribution < -0.4 is 0 Å². The third-order valence-corrected chi connectivity index (χ3v) is 5.15. The number of rotatable bonds is 3. The van der Waals surface area contributed by atoms with Crippen LogP contribution in [-0.2, 0) is 0 Å². The topological polar surface area (TPSA) is 20.2 Å². The quantitative estimate of drug-likeness (QED) is 0.749. The van der Waals surface area contributed by atoms with Gasteiger partial charge in [-0.1, -0.05) is 47.0 Å². The SMILES string of the molecule is CC(C)C(C)(C)C(C)(O)C1CCCCC1. The van der Waals surface area contributed by atoms with Gasteiger partial charge in [-0.15, -0.1) is 0 Å². The Morgan fingerprint density at radius 1 is 1.00 bits per heavy atom. The largest absolute Gasteiger partial charge is 0.389 e. The van der Waals surface area contributed by atoms with Crippen molar-refractivity contribution in [3.8, 4) is 0 Å². The van der Waals surface area contributed by atoms with Crippen molar-refractivity contribution in [3.63, 3.8) is 0 Å². The van der Waals surface area contributed by atoms with Crippen LogP contribution in [0.15, 0.2) is 0 Å². The molecule has 0 saturated heterocycles. The van der Waals surface area contributed by atoms with Crippen LogP contribution in [0.3, 0.4) is 0 Å². The van der Waals surface area contributed by atoms with Gasteiger partial charge in [0.15, 0.2) is 0 Å². The van der Waals surface area contributed by atoms with Gasteiger partial charge in [0.2, 0.25) is 0 Å². The molecule has 1 atom stereocenters. The standard InChI is InChI=1S/C14H28O/c1-11(2)13(3,4)14(5,15)12-9-7-6-8-10-12/h11-12,15H,6-10H2,1-5H3. The van der Waals surface area contributed by atoms with Gasteiger partial charge in [-0.2, -0.15) is 0 Å². The molecule has 0 aromatic rings. The van der Waals surface area contributed by atoms with Gasteiger partial charge in [0.1, 0.15) is 0 Å². The van der Waals surface area contributed by atoms with Crippen LogP contribution >= 0.6 is 0 Å². The van der Waals surface area contributed by atoms with Gasteiger partial charge >= 0.3 is 0 Å². The second-order valence-corrected chi connectivity index (χ2v) is 6.36. The highest BCUT2D eigenvalue weighted by molar-refractivity contribution is 4.97. The maximum atomic E-state index is 10.8. The molecule has 1 nitrogen and oxygen atoms in total. The van der Waals surface area contributed by atoms with E-state index >= 15 is 0 Å². The average Bonchev–Trinajstić information content (AvgIpc) is 2.18. The van der Waals surface area contributed by atoms with Crippen molar-refractivity contribution in [2.24, 2.45) is 17.3 Å². The molecule has 1 saturated carbocycles. The van der Waals surface area contributed by atoms with Gasteiger partial charge < -0.3 is 5.11 Å². The number of hydrogen-bond donors (Lipinski definition) is 1. The third kappa shape index (κ3) is 2.38. The molecule has 0 heterocycles. The van der Waals surface area contributed by atoms with E-state index in [1.165, 1.54) is 32.1 Å². The molecule has 0 aromatic carbocycles. The fraction of sp³-hybridized carbons (Fsp3) is 1.00. The van der Waals surface area contributed by atoms with E-state index in [0.29, 0.717) is 11.8 Å². The van der Waals surface area contributed by atoms with Gasteiger partial charge in [0, 0.05) is 0 Å². The first-order valence-electron chi connectivity index (χ1n) is 6.52. The minimum absolute atomic E-state index is 0.00894. The molecule has 0 bridgehead atoms. The number of hydrogen-bond acceptors (Lipinski definition) is 1. The molecule has 0 spiro atoms. The predicted octanol–water partition coefficient (Wildman–Crippen LogP) is 4.00. The molecule has 1 N–H and O–H groups in total. The van der Waals surface area contributed by atoms with E-state index in [9.17, 15) is 5.11 Å². The number of aliphatic hydroxyl groups is 1. The van der Waals surface area contributed by atoms with Gasteiger partial charge in [0.05, 0.1) is 5.60 Å². The van der Waals surface area contributed by atoms with Gasteiger partial charge in [-0.3, -0.25) is 0 Å². The second-order valence-electron chi connectivity index (χ2n) is 6.36. The summed E-state index contributed by atoms with van der Waals surface area (Å²) >= 11 is 0. The first-order valence-corrected chi connectivity index (χ1v) is 6.52. The molecule has 1 aliphatic carbocycles. The van der Waals surface area contributed by atoms with Gasteiger partial charge in [0.25, 0.3) is 0 Å². The second kappa shape index (κ2) is 4.45. The fourth-order valence-electron chi connectivity index (χ4n) is 2.78. The molecule has 0 aliphatic heterocycles. The lowest BCUT2D eigenvalue weighted by molar-refractivity contribution is -0.126. The van der Waals surface area contributed by atoms with Crippen molar-refractivity contribution in [1.29, 1.82) is 0 Å². The van der Waals surface area contributed by atoms with E-state index in [1.807, 2.05) is 0 Å². The Labute approximate surface area is 95.3 Å². The molecule has 0 amide bonds. The summed E-state index contributed by atoms with van der Waals surface area (Å²) in [5.74, 6) is 1.03. The molecule has 15 heavy (non-hydrogen) atoms. The van der Waals surface area contributed by atoms with Gasteiger partial charge in [-0.25, -0.2) is 0 Å². The summed E-state index contributed by atoms with van der Waals surface area (Å²) in [4.78, 5) is 0. The fourth-order valence-corrected chi connectivity index (χ4v) is 2.78. The van der Waals surface area contributed by atoms with Crippen LogP contribution in [0.2, 0.25) is 0 Å². The molecule has 1 fully saturated rings. The zero-order chi connectivity index (χ0) is 11.7. The van der Waals surface area contributed by atoms with Crippen LogP contribution in [0.4, 0.5) is 0 Å². The van der Waals surface area contributed by atoms with Crippen molar-refractivity contribution in [2.75, 3.05) is 0 Å². The summed E-state index contributed by atoms with van der Waals surface area (Å²) in [6.07, 6.45) is 6.38. The Morgan fingerprint density at radius 2 is 1.47 bits per heavy atom. The Hall–Kier alpha value is -0.0400. The van der Waals surface area contributed by atoms with Crippen molar-refractivity contribution in [2.45, 2.75) is 72.3 Å². The summed E-state index contributed by atoms with van der Waals surface area (Å²) in [7, 11) is 0. The van der Waals surface area contributed by atoms with E-state index in [4.69, 9.17) is 0 Å². The highest BCUT2D eigenvalue weighted by Crippen LogP contribution is 2.46. The summed E-state index contributed by atoms with van der Waals surface area (Å²) in [5.41, 5.74) is -0.503. The Morgan fingerprint density at radius 3 is 1.87 bits per heavy atom. The Bertz CT molecular complexity index is 197. The Balaban J connectivity index is 2.79. The van der Waals surface area contributed by atoms with Crippen LogP contribution in [0.5, 0.6) is 0 Å². The minimum Gasteiger partial charge on any atom is -0.389 e. The van der Waals surface area contributed by atoms with E-state index in [0.717, 1.165) is 0 Å². The normalized spacial score (nSPS) is 24.2. The Kier molecular flexibility index (Phi) is 3.86. The van der Waals surface area contributed by atoms with Crippen molar-refractivity contribution >= 4 is 0 Å². The summed E-state index contributed by atoms with van der Waals surface area (Å²) in [6, 6.07) is 0. The van der Waals surface area contributed by atoms with Crippen LogP contribution in [0, 0.1) is 17.3 Å². The van der Waals surface area contributed by atoms with Crippen molar-refractivity contribution in [1.82, 2.24) is 0 Å². The van der Waals surface area contributed by atoms with E-state index in [2.05, 4.69) is 34.6 Å². The van der Waals surface area contributed by atoms with Crippen molar-refractivity contribution < 1.29 is 5.11 Å². The molecular weight excluding hydrogens is 184 g/mol. The summed E-state index contributed by atoms with van der Waals surface area (Å²) in [6.45, 7) is 10.9. The first-order chi connectivity index (χ1) is 6.80. The predicted molar refractivity (Wildman–Crippen MR) is 65.8 cm³/mol. The van der Waals surface area contributed by atoms with E-state index < -0.39 is 5.60 Å². The van der Waals surface area contributed by atoms with Crippen LogP contribution in [0.1, 0.15) is 66.7 Å². The monoisotopic (exact) mass is 212 g/mol. The lowest BCUT2D eigenvalue weighted by Crippen LogP contribution is -2.51. The highest BCUT2D eigenvalue weighted by Gasteiger charge is 2.46. The van der Waals surface area contributed by atoms with E-state index in [-0.39, 0.29) is 5.41 Å². The smallest absolute Gasteiger partial charge is 0.0700 e.